The Bertz CT molecular complexity index is 1140. The molecule has 1 aliphatic heterocycles. The predicted octanol–water partition coefficient (Wildman–Crippen LogP) is 4.22. The molecule has 2 heterocycles. The number of aromatic nitrogens is 2. The van der Waals surface area contributed by atoms with Gasteiger partial charge in [0.2, 0.25) is 0 Å². The summed E-state index contributed by atoms with van der Waals surface area (Å²) < 4.78 is 2.14. The van der Waals surface area contributed by atoms with E-state index in [-0.39, 0.29) is 18.9 Å². The summed E-state index contributed by atoms with van der Waals surface area (Å²) in [5, 5.41) is 13.6. The van der Waals surface area contributed by atoms with E-state index in [9.17, 15) is 9.59 Å². The molecule has 0 bridgehead atoms. The van der Waals surface area contributed by atoms with Crippen LogP contribution in [-0.2, 0) is 9.59 Å². The molecule has 0 atom stereocenters. The lowest BCUT2D eigenvalue weighted by molar-refractivity contribution is -0.137. The van der Waals surface area contributed by atoms with E-state index in [1.807, 2.05) is 66.9 Å². The monoisotopic (exact) mass is 435 g/mol. The number of thiocarbonyl (C=S) groups is 1. The Labute approximate surface area is 182 Å². The summed E-state index contributed by atoms with van der Waals surface area (Å²) in [6.45, 7) is 0.0617. The predicted molar refractivity (Wildman–Crippen MR) is 121 cm³/mol. The van der Waals surface area contributed by atoms with Gasteiger partial charge in [0, 0.05) is 23.9 Å². The Kier molecular flexibility index (Phi) is 5.78. The zero-order chi connectivity index (χ0) is 21.1. The van der Waals surface area contributed by atoms with Crippen LogP contribution in [0, 0.1) is 0 Å². The number of aliphatic carboxylic acids is 1. The van der Waals surface area contributed by atoms with Crippen LogP contribution in [0.25, 0.3) is 23.0 Å². The van der Waals surface area contributed by atoms with E-state index >= 15 is 0 Å². The molecule has 4 rings (SSSR count). The number of carbonyl (C=O) groups is 2. The van der Waals surface area contributed by atoms with Gasteiger partial charge in [0.15, 0.2) is 0 Å². The van der Waals surface area contributed by atoms with Gasteiger partial charge in [-0.25, -0.2) is 4.68 Å². The summed E-state index contributed by atoms with van der Waals surface area (Å²) in [5.41, 5.74) is 3.36. The van der Waals surface area contributed by atoms with Crippen LogP contribution < -0.4 is 0 Å². The molecular formula is C22H17N3O3S2. The van der Waals surface area contributed by atoms with Gasteiger partial charge >= 0.3 is 5.97 Å². The fraction of sp³-hybridized carbons (Fsp3) is 0.0909. The van der Waals surface area contributed by atoms with Crippen molar-refractivity contribution in [1.82, 2.24) is 14.7 Å². The molecule has 3 aromatic rings. The number of nitrogens with zero attached hydrogens (tertiary/aromatic N) is 3. The Morgan fingerprint density at radius 2 is 1.77 bits per heavy atom. The van der Waals surface area contributed by atoms with Gasteiger partial charge in [-0.2, -0.15) is 5.10 Å². The summed E-state index contributed by atoms with van der Waals surface area (Å²) in [7, 11) is 0. The van der Waals surface area contributed by atoms with E-state index in [1.54, 1.807) is 10.8 Å². The van der Waals surface area contributed by atoms with Crippen molar-refractivity contribution in [3.05, 3.63) is 77.3 Å². The van der Waals surface area contributed by atoms with Crippen LogP contribution in [0.5, 0.6) is 0 Å². The fourth-order valence-corrected chi connectivity index (χ4v) is 4.37. The molecule has 1 aliphatic rings. The number of carbonyl (C=O) groups excluding carboxylic acids is 1. The highest BCUT2D eigenvalue weighted by Gasteiger charge is 2.32. The Morgan fingerprint density at radius 3 is 2.43 bits per heavy atom. The lowest BCUT2D eigenvalue weighted by Gasteiger charge is -2.12. The van der Waals surface area contributed by atoms with E-state index in [1.165, 1.54) is 16.7 Å². The third kappa shape index (κ3) is 4.19. The first kappa shape index (κ1) is 20.1. The van der Waals surface area contributed by atoms with E-state index in [0.29, 0.717) is 9.23 Å². The van der Waals surface area contributed by atoms with Gasteiger partial charge in [-0.15, -0.1) is 0 Å². The molecule has 30 heavy (non-hydrogen) atoms. The number of hydrogen-bond donors (Lipinski definition) is 1. The maximum Gasteiger partial charge on any atom is 0.305 e. The highest BCUT2D eigenvalue weighted by molar-refractivity contribution is 8.26. The molecule has 6 nitrogen and oxygen atoms in total. The van der Waals surface area contributed by atoms with Crippen molar-refractivity contribution in [2.75, 3.05) is 6.54 Å². The van der Waals surface area contributed by atoms with Gasteiger partial charge in [0.25, 0.3) is 5.91 Å². The maximum atomic E-state index is 12.8. The van der Waals surface area contributed by atoms with Crippen LogP contribution in [0.4, 0.5) is 0 Å². The fourth-order valence-electron chi connectivity index (χ4n) is 3.07. The average Bonchev–Trinajstić information content (AvgIpc) is 3.29. The molecule has 0 unspecified atom stereocenters. The van der Waals surface area contributed by atoms with Gasteiger partial charge in [-0.1, -0.05) is 72.5 Å². The van der Waals surface area contributed by atoms with E-state index in [4.69, 9.17) is 22.4 Å². The molecule has 2 aromatic carbocycles. The zero-order valence-corrected chi connectivity index (χ0v) is 17.4. The van der Waals surface area contributed by atoms with Crippen molar-refractivity contribution < 1.29 is 14.7 Å². The number of amides is 1. The molecule has 0 saturated carbocycles. The maximum absolute atomic E-state index is 12.8. The summed E-state index contributed by atoms with van der Waals surface area (Å²) in [4.78, 5) is 25.4. The van der Waals surface area contributed by atoms with Crippen LogP contribution in [0.1, 0.15) is 12.0 Å². The summed E-state index contributed by atoms with van der Waals surface area (Å²) >= 11 is 6.46. The molecule has 0 spiro atoms. The second-order valence-electron chi connectivity index (χ2n) is 6.56. The Balaban J connectivity index is 1.73. The minimum Gasteiger partial charge on any atom is -0.481 e. The first-order chi connectivity index (χ1) is 14.5. The van der Waals surface area contributed by atoms with Crippen LogP contribution in [-0.4, -0.2) is 42.5 Å². The van der Waals surface area contributed by atoms with Crippen LogP contribution >= 0.6 is 24.0 Å². The molecule has 1 N–H and O–H groups in total. The van der Waals surface area contributed by atoms with Crippen molar-refractivity contribution in [2.45, 2.75) is 6.42 Å². The number of carboxylic acids is 1. The summed E-state index contributed by atoms with van der Waals surface area (Å²) in [6, 6.07) is 19.5. The third-order valence-electron chi connectivity index (χ3n) is 4.52. The van der Waals surface area contributed by atoms with Crippen LogP contribution in [0.2, 0.25) is 0 Å². The smallest absolute Gasteiger partial charge is 0.305 e. The SMILES string of the molecule is O=C(O)CCN1C(=O)/C(=C/c2cn(-c3ccccc3)nc2-c2ccccc2)SC1=S. The molecule has 1 amide bonds. The molecular weight excluding hydrogens is 418 g/mol. The zero-order valence-electron chi connectivity index (χ0n) is 15.8. The van der Waals surface area contributed by atoms with Crippen molar-refractivity contribution >= 4 is 46.3 Å². The van der Waals surface area contributed by atoms with E-state index in [2.05, 4.69) is 0 Å². The van der Waals surface area contributed by atoms with Gasteiger partial charge in [0.1, 0.15) is 4.32 Å². The number of benzene rings is 2. The number of thioether (sulfide) groups is 1. The molecule has 1 aromatic heterocycles. The average molecular weight is 436 g/mol. The van der Waals surface area contributed by atoms with Gasteiger partial charge < -0.3 is 5.11 Å². The highest BCUT2D eigenvalue weighted by atomic mass is 32.2. The van der Waals surface area contributed by atoms with Crippen molar-refractivity contribution in [3.63, 3.8) is 0 Å². The molecule has 0 radical (unpaired) electrons. The normalized spacial score (nSPS) is 15.2. The minimum atomic E-state index is -0.969. The second-order valence-corrected chi connectivity index (χ2v) is 8.23. The van der Waals surface area contributed by atoms with Gasteiger partial charge in [0.05, 0.1) is 22.7 Å². The van der Waals surface area contributed by atoms with Gasteiger partial charge in [-0.05, 0) is 18.2 Å². The van der Waals surface area contributed by atoms with E-state index < -0.39 is 5.97 Å². The van der Waals surface area contributed by atoms with E-state index in [0.717, 1.165) is 22.5 Å². The number of carboxylic acid groups (broad SMARTS) is 1. The lowest BCUT2D eigenvalue weighted by atomic mass is 10.1. The van der Waals surface area contributed by atoms with Crippen molar-refractivity contribution in [3.8, 4) is 16.9 Å². The standard InChI is InChI=1S/C22H17N3O3S2/c26-19(27)11-12-24-21(28)18(30-22(24)29)13-16-14-25(17-9-5-2-6-10-17)23-20(16)15-7-3-1-4-8-15/h1-10,13-14H,11-12H2,(H,26,27)/b18-13-. The first-order valence-corrected chi connectivity index (χ1v) is 10.4. The summed E-state index contributed by atoms with van der Waals surface area (Å²) in [5.74, 6) is -1.25. The van der Waals surface area contributed by atoms with Crippen LogP contribution in [0.3, 0.4) is 0 Å². The molecule has 8 heteroatoms. The molecule has 150 valence electrons. The first-order valence-electron chi connectivity index (χ1n) is 9.20. The third-order valence-corrected chi connectivity index (χ3v) is 5.90. The minimum absolute atomic E-state index is 0.0617. The molecule has 1 saturated heterocycles. The lowest BCUT2D eigenvalue weighted by Crippen LogP contribution is -2.30. The second kappa shape index (κ2) is 8.64. The quantitative estimate of drug-likeness (QED) is 0.462. The highest BCUT2D eigenvalue weighted by Crippen LogP contribution is 2.34. The Morgan fingerprint density at radius 1 is 1.10 bits per heavy atom. The molecule has 0 aliphatic carbocycles. The number of hydrogen-bond acceptors (Lipinski definition) is 5. The number of rotatable bonds is 6. The van der Waals surface area contributed by atoms with Gasteiger partial charge in [-0.3, -0.25) is 14.5 Å². The largest absolute Gasteiger partial charge is 0.481 e. The van der Waals surface area contributed by atoms with Crippen LogP contribution in [0.15, 0.2) is 71.8 Å². The molecule has 1 fully saturated rings. The van der Waals surface area contributed by atoms with Crippen molar-refractivity contribution in [2.24, 2.45) is 0 Å². The number of para-hydroxylation sites is 1. The van der Waals surface area contributed by atoms with Crippen molar-refractivity contribution in [1.29, 1.82) is 0 Å². The topological polar surface area (TPSA) is 75.4 Å². The Hall–Kier alpha value is -3.23. The summed E-state index contributed by atoms with van der Waals surface area (Å²) in [6.07, 6.45) is 3.50.